The number of benzene rings is 1. The summed E-state index contributed by atoms with van der Waals surface area (Å²) in [6, 6.07) is 10.4. The number of likely N-dealkylation sites (tertiary alicyclic amines) is 1. The number of nitrogens with zero attached hydrogens (tertiary/aromatic N) is 1. The summed E-state index contributed by atoms with van der Waals surface area (Å²) in [7, 11) is 0. The molecule has 0 spiro atoms. The number of aliphatic hydroxyl groups excluding tert-OH is 1. The van der Waals surface area contributed by atoms with Gasteiger partial charge in [-0.1, -0.05) is 31.0 Å². The van der Waals surface area contributed by atoms with E-state index in [2.05, 4.69) is 11.8 Å². The summed E-state index contributed by atoms with van der Waals surface area (Å²) in [6.45, 7) is 4.01. The Morgan fingerprint density at radius 1 is 1.30 bits per heavy atom. The topological polar surface area (TPSA) is 36.6 Å². The highest BCUT2D eigenvalue weighted by atomic mass is 16.4. The lowest BCUT2D eigenvalue weighted by atomic mass is 10.1. The molecule has 108 valence electrons. The first-order chi connectivity index (χ1) is 9.74. The van der Waals surface area contributed by atoms with Crippen LogP contribution in [0.25, 0.3) is 11.0 Å². The minimum Gasteiger partial charge on any atom is -0.458 e. The van der Waals surface area contributed by atoms with Gasteiger partial charge in [-0.3, -0.25) is 4.90 Å². The highest BCUT2D eigenvalue weighted by Crippen LogP contribution is 2.26. The lowest BCUT2D eigenvalue weighted by Gasteiger charge is -2.28. The maximum absolute atomic E-state index is 10.4. The first-order valence-corrected chi connectivity index (χ1v) is 7.64. The minimum absolute atomic E-state index is 0.539. The Morgan fingerprint density at radius 2 is 2.15 bits per heavy atom. The van der Waals surface area contributed by atoms with Gasteiger partial charge >= 0.3 is 0 Å². The van der Waals surface area contributed by atoms with Crippen molar-refractivity contribution in [2.24, 2.45) is 0 Å². The molecule has 0 radical (unpaired) electrons. The maximum atomic E-state index is 10.4. The zero-order valence-corrected chi connectivity index (χ0v) is 12.1. The van der Waals surface area contributed by atoms with Crippen LogP contribution in [-0.2, 0) is 0 Å². The van der Waals surface area contributed by atoms with Gasteiger partial charge in [0.2, 0.25) is 0 Å². The molecule has 2 unspecified atom stereocenters. The Hall–Kier alpha value is -1.32. The number of rotatable bonds is 3. The molecular formula is C17H23NO2. The van der Waals surface area contributed by atoms with E-state index in [1.54, 1.807) is 0 Å². The van der Waals surface area contributed by atoms with E-state index in [-0.39, 0.29) is 0 Å². The van der Waals surface area contributed by atoms with Gasteiger partial charge in [-0.25, -0.2) is 0 Å². The number of hydrogen-bond acceptors (Lipinski definition) is 3. The monoisotopic (exact) mass is 273 g/mol. The van der Waals surface area contributed by atoms with Crippen molar-refractivity contribution >= 4 is 11.0 Å². The molecule has 2 aromatic rings. The SMILES string of the molecule is CC1CCCCCN1CC(O)c1cc2ccccc2o1. The van der Waals surface area contributed by atoms with Crippen molar-refractivity contribution in [3.8, 4) is 0 Å². The molecule has 1 aliphatic heterocycles. The summed E-state index contributed by atoms with van der Waals surface area (Å²) < 4.78 is 5.76. The summed E-state index contributed by atoms with van der Waals surface area (Å²) >= 11 is 0. The number of aliphatic hydroxyl groups is 1. The van der Waals surface area contributed by atoms with Crippen molar-refractivity contribution in [2.45, 2.75) is 44.8 Å². The molecule has 2 heterocycles. The van der Waals surface area contributed by atoms with Crippen LogP contribution in [0.1, 0.15) is 44.5 Å². The summed E-state index contributed by atoms with van der Waals surface area (Å²) in [5.74, 6) is 0.683. The van der Waals surface area contributed by atoms with Crippen LogP contribution in [0, 0.1) is 0 Å². The summed E-state index contributed by atoms with van der Waals surface area (Å²) in [4.78, 5) is 2.39. The van der Waals surface area contributed by atoms with Gasteiger partial charge in [0.15, 0.2) is 0 Å². The van der Waals surface area contributed by atoms with Crippen LogP contribution in [0.15, 0.2) is 34.7 Å². The fourth-order valence-corrected chi connectivity index (χ4v) is 3.08. The Bertz CT molecular complexity index is 530. The Labute approximate surface area is 120 Å². The molecule has 0 aliphatic carbocycles. The molecule has 0 amide bonds. The average Bonchev–Trinajstić information content (AvgIpc) is 2.79. The normalized spacial score (nSPS) is 22.8. The van der Waals surface area contributed by atoms with Gasteiger partial charge in [-0.15, -0.1) is 0 Å². The molecule has 1 aliphatic rings. The molecule has 0 saturated carbocycles. The van der Waals surface area contributed by atoms with Gasteiger partial charge < -0.3 is 9.52 Å². The van der Waals surface area contributed by atoms with Gasteiger partial charge in [0.25, 0.3) is 0 Å². The van der Waals surface area contributed by atoms with Gasteiger partial charge in [-0.2, -0.15) is 0 Å². The third-order valence-electron chi connectivity index (χ3n) is 4.37. The van der Waals surface area contributed by atoms with Crippen molar-refractivity contribution in [3.05, 3.63) is 36.1 Å². The van der Waals surface area contributed by atoms with Crippen molar-refractivity contribution in [1.29, 1.82) is 0 Å². The molecule has 1 aromatic heterocycles. The van der Waals surface area contributed by atoms with Crippen LogP contribution in [0.4, 0.5) is 0 Å². The standard InChI is InChI=1S/C17H23NO2/c1-13-7-3-2-6-10-18(13)12-15(19)17-11-14-8-4-5-9-16(14)20-17/h4-5,8-9,11,13,15,19H,2-3,6-7,10,12H2,1H3. The van der Waals surface area contributed by atoms with Crippen LogP contribution < -0.4 is 0 Å². The highest BCUT2D eigenvalue weighted by molar-refractivity contribution is 5.77. The van der Waals surface area contributed by atoms with Crippen LogP contribution in [0.3, 0.4) is 0 Å². The van der Waals surface area contributed by atoms with Crippen LogP contribution in [0.2, 0.25) is 0 Å². The summed E-state index contributed by atoms with van der Waals surface area (Å²) in [5, 5.41) is 11.5. The molecule has 3 heteroatoms. The maximum Gasteiger partial charge on any atom is 0.135 e. The molecule has 1 aromatic carbocycles. The van der Waals surface area contributed by atoms with Crippen LogP contribution in [0.5, 0.6) is 0 Å². The quantitative estimate of drug-likeness (QED) is 0.925. The van der Waals surface area contributed by atoms with Gasteiger partial charge in [0.1, 0.15) is 17.4 Å². The predicted octanol–water partition coefficient (Wildman–Crippen LogP) is 3.73. The Morgan fingerprint density at radius 3 is 3.00 bits per heavy atom. The average molecular weight is 273 g/mol. The van der Waals surface area contributed by atoms with Crippen LogP contribution >= 0.6 is 0 Å². The van der Waals surface area contributed by atoms with E-state index >= 15 is 0 Å². The molecule has 1 fully saturated rings. The number of para-hydroxylation sites is 1. The second-order valence-corrected chi connectivity index (χ2v) is 5.90. The van der Waals surface area contributed by atoms with E-state index in [4.69, 9.17) is 4.42 Å². The number of β-amino-alcohol motifs (C(OH)–C–C–N with tert-alkyl or cyclic N) is 1. The predicted molar refractivity (Wildman–Crippen MR) is 80.7 cm³/mol. The van der Waals surface area contributed by atoms with Gasteiger partial charge in [0, 0.05) is 18.0 Å². The minimum atomic E-state index is -0.539. The Kier molecular flexibility index (Phi) is 4.08. The van der Waals surface area contributed by atoms with Crippen LogP contribution in [-0.4, -0.2) is 29.1 Å². The molecule has 1 N–H and O–H groups in total. The van der Waals surface area contributed by atoms with E-state index in [1.807, 2.05) is 30.3 Å². The van der Waals surface area contributed by atoms with E-state index in [9.17, 15) is 5.11 Å². The fraction of sp³-hybridized carbons (Fsp3) is 0.529. The van der Waals surface area contributed by atoms with E-state index in [0.717, 1.165) is 17.5 Å². The highest BCUT2D eigenvalue weighted by Gasteiger charge is 2.22. The zero-order chi connectivity index (χ0) is 13.9. The van der Waals surface area contributed by atoms with Gasteiger partial charge in [-0.05, 0) is 38.4 Å². The molecule has 3 rings (SSSR count). The van der Waals surface area contributed by atoms with Gasteiger partial charge in [0.05, 0.1) is 0 Å². The van der Waals surface area contributed by atoms with Crippen molar-refractivity contribution in [2.75, 3.05) is 13.1 Å². The molecule has 3 nitrogen and oxygen atoms in total. The zero-order valence-electron chi connectivity index (χ0n) is 12.1. The third-order valence-corrected chi connectivity index (χ3v) is 4.37. The molecule has 0 bridgehead atoms. The molecule has 1 saturated heterocycles. The number of hydrogen-bond donors (Lipinski definition) is 1. The molecule has 2 atom stereocenters. The fourth-order valence-electron chi connectivity index (χ4n) is 3.08. The lowest BCUT2D eigenvalue weighted by molar-refractivity contribution is 0.0787. The first kappa shape index (κ1) is 13.7. The van der Waals surface area contributed by atoms with E-state index < -0.39 is 6.10 Å². The Balaban J connectivity index is 1.72. The second kappa shape index (κ2) is 5.98. The lowest BCUT2D eigenvalue weighted by Crippen LogP contribution is -2.36. The summed E-state index contributed by atoms with van der Waals surface area (Å²) in [6.07, 6.45) is 4.53. The second-order valence-electron chi connectivity index (χ2n) is 5.90. The van der Waals surface area contributed by atoms with Crippen molar-refractivity contribution in [3.63, 3.8) is 0 Å². The smallest absolute Gasteiger partial charge is 0.135 e. The summed E-state index contributed by atoms with van der Waals surface area (Å²) in [5.41, 5.74) is 0.852. The molecule has 20 heavy (non-hydrogen) atoms. The molecular weight excluding hydrogens is 250 g/mol. The van der Waals surface area contributed by atoms with Crippen molar-refractivity contribution < 1.29 is 9.52 Å². The van der Waals surface area contributed by atoms with E-state index in [1.165, 1.54) is 25.7 Å². The largest absolute Gasteiger partial charge is 0.458 e. The van der Waals surface area contributed by atoms with Crippen molar-refractivity contribution in [1.82, 2.24) is 4.90 Å². The van der Waals surface area contributed by atoms with E-state index in [0.29, 0.717) is 18.3 Å². The number of fused-ring (bicyclic) bond motifs is 1. The first-order valence-electron chi connectivity index (χ1n) is 7.64. The number of furan rings is 1. The third kappa shape index (κ3) is 2.89.